The number of amides is 1. The third-order valence-corrected chi connectivity index (χ3v) is 4.54. The van der Waals surface area contributed by atoms with Crippen LogP contribution in [0.25, 0.3) is 0 Å². The average molecular weight is 333 g/mol. The van der Waals surface area contributed by atoms with Gasteiger partial charge in [0.2, 0.25) is 0 Å². The molecule has 1 atom stereocenters. The van der Waals surface area contributed by atoms with Crippen molar-refractivity contribution in [2.24, 2.45) is 5.92 Å². The van der Waals surface area contributed by atoms with Crippen molar-refractivity contribution in [3.63, 3.8) is 0 Å². The Hall–Kier alpha value is -2.04. The Balaban J connectivity index is 1.91. The zero-order chi connectivity index (χ0) is 17.9. The fraction of sp³-hybridized carbons (Fsp3) is 0.579. The number of carbonyl (C=O) groups excluding carboxylic acids is 1. The highest BCUT2D eigenvalue weighted by Crippen LogP contribution is 2.25. The van der Waals surface area contributed by atoms with Crippen LogP contribution in [-0.4, -0.2) is 41.1 Å². The highest BCUT2D eigenvalue weighted by molar-refractivity contribution is 5.81. The Morgan fingerprint density at radius 1 is 1.17 bits per heavy atom. The van der Waals surface area contributed by atoms with Crippen molar-refractivity contribution in [1.29, 1.82) is 0 Å². The minimum Gasteiger partial charge on any atom is -0.481 e. The van der Waals surface area contributed by atoms with Gasteiger partial charge in [0, 0.05) is 13.1 Å². The van der Waals surface area contributed by atoms with Gasteiger partial charge in [-0.15, -0.1) is 0 Å². The Morgan fingerprint density at radius 2 is 1.71 bits per heavy atom. The molecule has 0 aromatic heterocycles. The van der Waals surface area contributed by atoms with Crippen LogP contribution in [0.4, 0.5) is 0 Å². The Labute approximate surface area is 143 Å². The number of likely N-dealkylation sites (tertiary alicyclic amines) is 1. The van der Waals surface area contributed by atoms with Crippen molar-refractivity contribution < 1.29 is 19.4 Å². The van der Waals surface area contributed by atoms with Gasteiger partial charge in [0.05, 0.1) is 5.92 Å². The Morgan fingerprint density at radius 3 is 2.17 bits per heavy atom. The van der Waals surface area contributed by atoms with Gasteiger partial charge in [-0.3, -0.25) is 9.59 Å². The molecule has 1 aromatic rings. The summed E-state index contributed by atoms with van der Waals surface area (Å²) in [5, 5.41) is 9.02. The summed E-state index contributed by atoms with van der Waals surface area (Å²) in [6.45, 7) is 9.14. The molecular weight excluding hydrogens is 306 g/mol. The van der Waals surface area contributed by atoms with Crippen LogP contribution in [0.3, 0.4) is 0 Å². The molecular formula is C19H27NO4. The summed E-state index contributed by atoms with van der Waals surface area (Å²) >= 11 is 0. The van der Waals surface area contributed by atoms with E-state index in [1.807, 2.05) is 24.3 Å². The van der Waals surface area contributed by atoms with E-state index in [9.17, 15) is 9.59 Å². The second kappa shape index (κ2) is 7.24. The number of carboxylic acids is 1. The summed E-state index contributed by atoms with van der Waals surface area (Å²) in [6.07, 6.45) is 0.439. The SMILES string of the molecule is CC(Oc1ccc(C(C)(C)C)cc1)C(=O)N1CCC(C(=O)O)CC1. The number of hydrogen-bond acceptors (Lipinski definition) is 3. The van der Waals surface area contributed by atoms with Gasteiger partial charge >= 0.3 is 5.97 Å². The van der Waals surface area contributed by atoms with Crippen LogP contribution in [0.15, 0.2) is 24.3 Å². The van der Waals surface area contributed by atoms with E-state index in [0.29, 0.717) is 31.7 Å². The van der Waals surface area contributed by atoms with Crippen LogP contribution in [0.5, 0.6) is 5.75 Å². The molecule has 1 aromatic carbocycles. The monoisotopic (exact) mass is 333 g/mol. The number of rotatable bonds is 4. The summed E-state index contributed by atoms with van der Waals surface area (Å²) in [5.41, 5.74) is 1.29. The predicted octanol–water partition coefficient (Wildman–Crippen LogP) is 3.07. The molecule has 1 heterocycles. The molecule has 5 heteroatoms. The molecule has 0 aliphatic carbocycles. The van der Waals surface area contributed by atoms with Gasteiger partial charge in [-0.25, -0.2) is 0 Å². The maximum absolute atomic E-state index is 12.5. The van der Waals surface area contributed by atoms with Gasteiger partial charge < -0.3 is 14.7 Å². The molecule has 132 valence electrons. The van der Waals surface area contributed by atoms with Crippen molar-refractivity contribution in [1.82, 2.24) is 4.90 Å². The predicted molar refractivity (Wildman–Crippen MR) is 92.2 cm³/mol. The zero-order valence-corrected chi connectivity index (χ0v) is 14.9. The van der Waals surface area contributed by atoms with Crippen LogP contribution in [0.2, 0.25) is 0 Å². The van der Waals surface area contributed by atoms with E-state index in [2.05, 4.69) is 20.8 Å². The molecule has 0 radical (unpaired) electrons. The second-order valence-corrected chi connectivity index (χ2v) is 7.47. The summed E-state index contributed by atoms with van der Waals surface area (Å²) in [6, 6.07) is 7.82. The third-order valence-electron chi connectivity index (χ3n) is 4.54. The van der Waals surface area contributed by atoms with E-state index < -0.39 is 12.1 Å². The minimum absolute atomic E-state index is 0.0778. The number of nitrogens with zero attached hydrogens (tertiary/aromatic N) is 1. The maximum Gasteiger partial charge on any atom is 0.306 e. The molecule has 1 aliphatic heterocycles. The molecule has 0 saturated carbocycles. The van der Waals surface area contributed by atoms with Crippen molar-refractivity contribution in [2.75, 3.05) is 13.1 Å². The Bertz CT molecular complexity index is 580. The number of hydrogen-bond donors (Lipinski definition) is 1. The molecule has 1 saturated heterocycles. The number of piperidine rings is 1. The maximum atomic E-state index is 12.5. The first-order valence-electron chi connectivity index (χ1n) is 8.47. The summed E-state index contributed by atoms with van der Waals surface area (Å²) in [7, 11) is 0. The van der Waals surface area contributed by atoms with Crippen LogP contribution in [0.1, 0.15) is 46.1 Å². The topological polar surface area (TPSA) is 66.8 Å². The number of carbonyl (C=O) groups is 2. The first kappa shape index (κ1) is 18.3. The van der Waals surface area contributed by atoms with Gasteiger partial charge in [-0.2, -0.15) is 0 Å². The van der Waals surface area contributed by atoms with Gasteiger partial charge in [0.15, 0.2) is 6.10 Å². The molecule has 1 aliphatic rings. The lowest BCUT2D eigenvalue weighted by Gasteiger charge is -2.32. The van der Waals surface area contributed by atoms with Crippen LogP contribution in [-0.2, 0) is 15.0 Å². The molecule has 1 unspecified atom stereocenters. The van der Waals surface area contributed by atoms with E-state index in [4.69, 9.17) is 9.84 Å². The third kappa shape index (κ3) is 4.49. The van der Waals surface area contributed by atoms with Crippen LogP contribution < -0.4 is 4.74 Å². The molecule has 1 fully saturated rings. The van der Waals surface area contributed by atoms with Crippen LogP contribution >= 0.6 is 0 Å². The number of ether oxygens (including phenoxy) is 1. The molecule has 1 N–H and O–H groups in total. The summed E-state index contributed by atoms with van der Waals surface area (Å²) < 4.78 is 5.76. The van der Waals surface area contributed by atoms with Gasteiger partial charge in [0.1, 0.15) is 5.75 Å². The quantitative estimate of drug-likeness (QED) is 0.919. The number of carboxylic acid groups (broad SMARTS) is 1. The molecule has 5 nitrogen and oxygen atoms in total. The highest BCUT2D eigenvalue weighted by Gasteiger charge is 2.29. The minimum atomic E-state index is -0.773. The first-order valence-corrected chi connectivity index (χ1v) is 8.47. The molecule has 1 amide bonds. The van der Waals surface area contributed by atoms with E-state index in [-0.39, 0.29) is 17.2 Å². The van der Waals surface area contributed by atoms with Gasteiger partial charge in [-0.05, 0) is 42.9 Å². The van der Waals surface area contributed by atoms with Crippen molar-refractivity contribution in [3.05, 3.63) is 29.8 Å². The lowest BCUT2D eigenvalue weighted by molar-refractivity contribution is -0.147. The normalized spacial score (nSPS) is 17.4. The zero-order valence-electron chi connectivity index (χ0n) is 14.9. The number of benzene rings is 1. The van der Waals surface area contributed by atoms with Crippen LogP contribution in [0, 0.1) is 5.92 Å². The number of aliphatic carboxylic acids is 1. The van der Waals surface area contributed by atoms with Crippen molar-refractivity contribution in [2.45, 2.75) is 52.1 Å². The average Bonchev–Trinajstić information content (AvgIpc) is 2.54. The van der Waals surface area contributed by atoms with E-state index in [0.717, 1.165) is 0 Å². The fourth-order valence-electron chi connectivity index (χ4n) is 2.89. The van der Waals surface area contributed by atoms with Gasteiger partial charge in [0.25, 0.3) is 5.91 Å². The summed E-state index contributed by atoms with van der Waals surface area (Å²) in [5.74, 6) is -0.524. The Kier molecular flexibility index (Phi) is 5.52. The lowest BCUT2D eigenvalue weighted by atomic mass is 9.87. The largest absolute Gasteiger partial charge is 0.481 e. The fourth-order valence-corrected chi connectivity index (χ4v) is 2.89. The highest BCUT2D eigenvalue weighted by atomic mass is 16.5. The summed E-state index contributed by atoms with van der Waals surface area (Å²) in [4.78, 5) is 25.1. The molecule has 0 bridgehead atoms. The van der Waals surface area contributed by atoms with E-state index in [1.165, 1.54) is 5.56 Å². The molecule has 24 heavy (non-hydrogen) atoms. The lowest BCUT2D eigenvalue weighted by Crippen LogP contribution is -2.45. The van der Waals surface area contributed by atoms with Gasteiger partial charge in [-0.1, -0.05) is 32.9 Å². The van der Waals surface area contributed by atoms with Crippen molar-refractivity contribution >= 4 is 11.9 Å². The smallest absolute Gasteiger partial charge is 0.306 e. The molecule has 2 rings (SSSR count). The van der Waals surface area contributed by atoms with E-state index in [1.54, 1.807) is 11.8 Å². The molecule has 0 spiro atoms. The van der Waals surface area contributed by atoms with E-state index >= 15 is 0 Å². The standard InChI is InChI=1S/C19H27NO4/c1-13(17(21)20-11-9-14(10-12-20)18(22)23)24-16-7-5-15(6-8-16)19(2,3)4/h5-8,13-14H,9-12H2,1-4H3,(H,22,23). The van der Waals surface area contributed by atoms with Crippen molar-refractivity contribution in [3.8, 4) is 5.75 Å². The second-order valence-electron chi connectivity index (χ2n) is 7.47. The first-order chi connectivity index (χ1) is 11.2.